The summed E-state index contributed by atoms with van der Waals surface area (Å²) in [4.78, 5) is 25.6. The second-order valence-corrected chi connectivity index (χ2v) is 3.95. The van der Waals surface area contributed by atoms with Gasteiger partial charge in [0.25, 0.3) is 0 Å². The van der Waals surface area contributed by atoms with Gasteiger partial charge in [-0.2, -0.15) is 0 Å². The van der Waals surface area contributed by atoms with E-state index in [0.717, 1.165) is 22.9 Å². The van der Waals surface area contributed by atoms with E-state index in [2.05, 4.69) is 4.98 Å². The molecule has 2 aromatic rings. The summed E-state index contributed by atoms with van der Waals surface area (Å²) >= 11 is 0. The highest BCUT2D eigenvalue weighted by atomic mass is 16.5. The molecular formula is C14H15NO3. The van der Waals surface area contributed by atoms with Gasteiger partial charge in [0.15, 0.2) is 0 Å². The second kappa shape index (κ2) is 5.49. The van der Waals surface area contributed by atoms with Gasteiger partial charge in [0, 0.05) is 23.0 Å². The molecule has 0 amide bonds. The van der Waals surface area contributed by atoms with Gasteiger partial charge >= 0.3 is 5.97 Å². The Morgan fingerprint density at radius 1 is 1.39 bits per heavy atom. The zero-order valence-corrected chi connectivity index (χ0v) is 10.2. The van der Waals surface area contributed by atoms with Crippen molar-refractivity contribution in [1.82, 2.24) is 4.98 Å². The van der Waals surface area contributed by atoms with Crippen molar-refractivity contribution in [2.75, 3.05) is 6.61 Å². The molecule has 0 spiro atoms. The number of carbonyl (C=O) groups excluding carboxylic acids is 2. The number of aryl methyl sites for hydroxylation is 1. The predicted octanol–water partition coefficient (Wildman–Crippen LogP) is 2.48. The smallest absolute Gasteiger partial charge is 0.340 e. The van der Waals surface area contributed by atoms with Crippen molar-refractivity contribution in [2.24, 2.45) is 0 Å². The molecule has 0 saturated heterocycles. The van der Waals surface area contributed by atoms with Gasteiger partial charge in [-0.05, 0) is 19.4 Å². The van der Waals surface area contributed by atoms with E-state index in [4.69, 9.17) is 4.74 Å². The molecule has 1 aromatic carbocycles. The maximum absolute atomic E-state index is 12.0. The van der Waals surface area contributed by atoms with E-state index in [1.807, 2.05) is 24.3 Å². The fraction of sp³-hybridized carbons (Fsp3) is 0.286. The van der Waals surface area contributed by atoms with Gasteiger partial charge in [0.05, 0.1) is 12.2 Å². The zero-order valence-electron chi connectivity index (χ0n) is 10.2. The molecule has 4 nitrogen and oxygen atoms in total. The lowest BCUT2D eigenvalue weighted by Gasteiger charge is -2.03. The maximum atomic E-state index is 12.0. The van der Waals surface area contributed by atoms with Crippen LogP contribution in [0.1, 0.15) is 29.4 Å². The molecule has 1 N–H and O–H groups in total. The first-order valence-corrected chi connectivity index (χ1v) is 5.98. The van der Waals surface area contributed by atoms with Gasteiger partial charge in [-0.15, -0.1) is 0 Å². The van der Waals surface area contributed by atoms with E-state index in [1.54, 1.807) is 6.92 Å². The number of fused-ring (bicyclic) bond motifs is 1. The van der Waals surface area contributed by atoms with Crippen LogP contribution < -0.4 is 0 Å². The highest BCUT2D eigenvalue weighted by molar-refractivity contribution is 6.05. The number of esters is 1. The summed E-state index contributed by atoms with van der Waals surface area (Å²) in [5, 5.41) is 0.844. The summed E-state index contributed by atoms with van der Waals surface area (Å²) in [6, 6.07) is 7.56. The number of nitrogens with one attached hydrogen (secondary N) is 1. The van der Waals surface area contributed by atoms with E-state index in [9.17, 15) is 9.59 Å². The van der Waals surface area contributed by atoms with Crippen LogP contribution in [0.5, 0.6) is 0 Å². The highest BCUT2D eigenvalue weighted by Crippen LogP contribution is 2.24. The van der Waals surface area contributed by atoms with Crippen molar-refractivity contribution in [3.05, 3.63) is 35.5 Å². The van der Waals surface area contributed by atoms with Gasteiger partial charge in [-0.1, -0.05) is 18.2 Å². The molecule has 1 heterocycles. The van der Waals surface area contributed by atoms with E-state index in [-0.39, 0.29) is 5.97 Å². The first-order valence-electron chi connectivity index (χ1n) is 5.98. The Morgan fingerprint density at radius 2 is 2.17 bits per heavy atom. The lowest BCUT2D eigenvalue weighted by atomic mass is 10.1. The number of rotatable bonds is 5. The molecule has 0 aliphatic rings. The Labute approximate surface area is 105 Å². The van der Waals surface area contributed by atoms with Crippen LogP contribution in [-0.2, 0) is 16.0 Å². The predicted molar refractivity (Wildman–Crippen MR) is 68.6 cm³/mol. The molecule has 0 saturated carbocycles. The van der Waals surface area contributed by atoms with Crippen molar-refractivity contribution >= 4 is 23.2 Å². The van der Waals surface area contributed by atoms with Crippen LogP contribution in [0.3, 0.4) is 0 Å². The fourth-order valence-corrected chi connectivity index (χ4v) is 2.02. The number of para-hydroxylation sites is 1. The number of hydrogen-bond donors (Lipinski definition) is 1. The van der Waals surface area contributed by atoms with Gasteiger partial charge in [-0.3, -0.25) is 0 Å². The molecule has 4 heteroatoms. The third kappa shape index (κ3) is 2.27. The Morgan fingerprint density at radius 3 is 2.89 bits per heavy atom. The second-order valence-electron chi connectivity index (χ2n) is 3.95. The molecule has 0 unspecified atom stereocenters. The number of H-pyrrole nitrogens is 1. The molecule has 0 atom stereocenters. The van der Waals surface area contributed by atoms with Crippen molar-refractivity contribution in [3.63, 3.8) is 0 Å². The quantitative estimate of drug-likeness (QED) is 0.650. The van der Waals surface area contributed by atoms with Crippen LogP contribution in [0.2, 0.25) is 0 Å². The van der Waals surface area contributed by atoms with E-state index >= 15 is 0 Å². The minimum Gasteiger partial charge on any atom is -0.462 e. The van der Waals surface area contributed by atoms with Gasteiger partial charge in [0.2, 0.25) is 0 Å². The molecule has 0 bridgehead atoms. The van der Waals surface area contributed by atoms with Crippen molar-refractivity contribution in [3.8, 4) is 0 Å². The Balaban J connectivity index is 2.50. The number of aromatic nitrogens is 1. The monoisotopic (exact) mass is 245 g/mol. The largest absolute Gasteiger partial charge is 0.462 e. The van der Waals surface area contributed by atoms with E-state index in [0.29, 0.717) is 25.0 Å². The Bertz CT molecular complexity index is 571. The third-order valence-corrected chi connectivity index (χ3v) is 2.78. The number of carbonyl (C=O) groups is 2. The average molecular weight is 245 g/mol. The molecule has 0 aliphatic heterocycles. The first-order chi connectivity index (χ1) is 8.77. The number of aromatic amines is 1. The van der Waals surface area contributed by atoms with Crippen LogP contribution in [0.4, 0.5) is 0 Å². The molecule has 94 valence electrons. The molecule has 0 fully saturated rings. The third-order valence-electron chi connectivity index (χ3n) is 2.78. The number of benzene rings is 1. The normalized spacial score (nSPS) is 10.5. The minimum absolute atomic E-state index is 0.337. The van der Waals surface area contributed by atoms with Gasteiger partial charge in [-0.25, -0.2) is 4.79 Å². The van der Waals surface area contributed by atoms with Crippen LogP contribution in [0.25, 0.3) is 10.9 Å². The fourth-order valence-electron chi connectivity index (χ4n) is 2.02. The minimum atomic E-state index is -0.337. The van der Waals surface area contributed by atoms with Crippen LogP contribution in [0.15, 0.2) is 24.3 Å². The summed E-state index contributed by atoms with van der Waals surface area (Å²) in [6.07, 6.45) is 1.76. The molecule has 0 aliphatic carbocycles. The Kier molecular flexibility index (Phi) is 3.77. The van der Waals surface area contributed by atoms with Gasteiger partial charge < -0.3 is 14.5 Å². The zero-order chi connectivity index (χ0) is 13.0. The summed E-state index contributed by atoms with van der Waals surface area (Å²) in [7, 11) is 0. The highest BCUT2D eigenvalue weighted by Gasteiger charge is 2.18. The average Bonchev–Trinajstić information content (AvgIpc) is 2.74. The number of aldehydes is 1. The molecule has 18 heavy (non-hydrogen) atoms. The molecule has 1 aromatic heterocycles. The first kappa shape index (κ1) is 12.4. The molecule has 2 rings (SSSR count). The van der Waals surface area contributed by atoms with Crippen molar-refractivity contribution in [2.45, 2.75) is 19.8 Å². The molecular weight excluding hydrogens is 230 g/mol. The topological polar surface area (TPSA) is 59.2 Å². The lowest BCUT2D eigenvalue weighted by Crippen LogP contribution is -2.07. The SMILES string of the molecule is CCOC(=O)c1c(CCC=O)[nH]c2ccccc12. The lowest BCUT2D eigenvalue weighted by molar-refractivity contribution is -0.107. The molecule has 0 radical (unpaired) electrons. The van der Waals surface area contributed by atoms with E-state index < -0.39 is 0 Å². The number of hydrogen-bond acceptors (Lipinski definition) is 3. The van der Waals surface area contributed by atoms with Crippen molar-refractivity contribution < 1.29 is 14.3 Å². The van der Waals surface area contributed by atoms with Crippen LogP contribution in [-0.4, -0.2) is 23.8 Å². The van der Waals surface area contributed by atoms with Crippen LogP contribution >= 0.6 is 0 Å². The summed E-state index contributed by atoms with van der Waals surface area (Å²) in [5.74, 6) is -0.337. The summed E-state index contributed by atoms with van der Waals surface area (Å²) in [5.41, 5.74) is 2.21. The van der Waals surface area contributed by atoms with Gasteiger partial charge in [0.1, 0.15) is 6.29 Å². The standard InChI is InChI=1S/C14H15NO3/c1-2-18-14(17)13-10-6-3-4-7-11(10)15-12(13)8-5-9-16/h3-4,6-7,9,15H,2,5,8H2,1H3. The maximum Gasteiger partial charge on any atom is 0.340 e. The van der Waals surface area contributed by atoms with Crippen LogP contribution in [0, 0.1) is 0 Å². The van der Waals surface area contributed by atoms with E-state index in [1.165, 1.54) is 0 Å². The Hall–Kier alpha value is -2.10. The van der Waals surface area contributed by atoms with Crippen molar-refractivity contribution in [1.29, 1.82) is 0 Å². The number of ether oxygens (including phenoxy) is 1. The summed E-state index contributed by atoms with van der Waals surface area (Å²) in [6.45, 7) is 2.11. The summed E-state index contributed by atoms with van der Waals surface area (Å²) < 4.78 is 5.07.